The lowest BCUT2D eigenvalue weighted by Crippen LogP contribution is -2.35. The van der Waals surface area contributed by atoms with Crippen molar-refractivity contribution in [3.63, 3.8) is 0 Å². The van der Waals surface area contributed by atoms with Crippen molar-refractivity contribution in [2.75, 3.05) is 5.32 Å². The number of anilines is 1. The summed E-state index contributed by atoms with van der Waals surface area (Å²) in [7, 11) is 0. The van der Waals surface area contributed by atoms with Crippen molar-refractivity contribution in [2.45, 2.75) is 31.3 Å². The maximum absolute atomic E-state index is 6.01. The molecule has 1 saturated carbocycles. The Kier molecular flexibility index (Phi) is 2.76. The number of pyridine rings is 1. The average molecular weight is 296 g/mol. The van der Waals surface area contributed by atoms with E-state index >= 15 is 0 Å². The van der Waals surface area contributed by atoms with Crippen LogP contribution in [0.15, 0.2) is 22.8 Å². The van der Waals surface area contributed by atoms with Gasteiger partial charge in [-0.25, -0.2) is 4.52 Å². The third-order valence-corrected chi connectivity index (χ3v) is 3.65. The zero-order chi connectivity index (χ0) is 11.8. The van der Waals surface area contributed by atoms with Crippen molar-refractivity contribution in [2.24, 2.45) is 5.73 Å². The van der Waals surface area contributed by atoms with Crippen molar-refractivity contribution < 1.29 is 0 Å². The molecule has 1 fully saturated rings. The second-order valence-electron chi connectivity index (χ2n) is 4.43. The summed E-state index contributed by atoms with van der Waals surface area (Å²) in [6.45, 7) is 0. The topological polar surface area (TPSA) is 68.2 Å². The molecule has 2 aromatic heterocycles. The van der Waals surface area contributed by atoms with Gasteiger partial charge in [-0.3, -0.25) is 0 Å². The van der Waals surface area contributed by atoms with E-state index in [9.17, 15) is 0 Å². The van der Waals surface area contributed by atoms with Crippen LogP contribution >= 0.6 is 15.9 Å². The predicted octanol–water partition coefficient (Wildman–Crippen LogP) is 1.78. The Labute approximate surface area is 108 Å². The fraction of sp³-hybridized carbons (Fsp3) is 0.455. The first-order valence-corrected chi connectivity index (χ1v) is 6.56. The van der Waals surface area contributed by atoms with E-state index < -0.39 is 0 Å². The summed E-state index contributed by atoms with van der Waals surface area (Å²) in [6, 6.07) is 4.40. The van der Waals surface area contributed by atoms with Crippen molar-refractivity contribution in [1.29, 1.82) is 0 Å². The highest BCUT2D eigenvalue weighted by Gasteiger charge is 2.24. The van der Waals surface area contributed by atoms with Crippen molar-refractivity contribution in [3.05, 3.63) is 22.8 Å². The van der Waals surface area contributed by atoms with Gasteiger partial charge in [0.05, 0.1) is 0 Å². The number of aromatic nitrogens is 3. The number of nitrogens with one attached hydrogen (secondary N) is 1. The SMILES string of the molecule is NC1CCCC1Nc1nc2ccc(Br)cn2n1. The maximum atomic E-state index is 6.01. The molecule has 3 rings (SSSR count). The van der Waals surface area contributed by atoms with Crippen LogP contribution in [0, 0.1) is 0 Å². The summed E-state index contributed by atoms with van der Waals surface area (Å²) in [4.78, 5) is 4.42. The molecule has 6 heteroatoms. The first-order chi connectivity index (χ1) is 8.22. The minimum absolute atomic E-state index is 0.216. The Morgan fingerprint density at radius 1 is 1.41 bits per heavy atom. The maximum Gasteiger partial charge on any atom is 0.243 e. The normalized spacial score (nSPS) is 24.4. The minimum atomic E-state index is 0.216. The molecule has 0 spiro atoms. The Morgan fingerprint density at radius 2 is 2.29 bits per heavy atom. The Bertz CT molecular complexity index is 538. The smallest absolute Gasteiger partial charge is 0.243 e. The van der Waals surface area contributed by atoms with E-state index in [1.54, 1.807) is 4.52 Å². The summed E-state index contributed by atoms with van der Waals surface area (Å²) >= 11 is 3.41. The number of nitrogens with two attached hydrogens (primary N) is 1. The summed E-state index contributed by atoms with van der Waals surface area (Å²) in [5, 5.41) is 7.70. The van der Waals surface area contributed by atoms with E-state index in [4.69, 9.17) is 5.73 Å². The van der Waals surface area contributed by atoms with Crippen molar-refractivity contribution in [3.8, 4) is 0 Å². The van der Waals surface area contributed by atoms with Crippen LogP contribution in [0.5, 0.6) is 0 Å². The Morgan fingerprint density at radius 3 is 3.06 bits per heavy atom. The van der Waals surface area contributed by atoms with Crippen molar-refractivity contribution >= 4 is 27.5 Å². The standard InChI is InChI=1S/C11H14BrN5/c12-7-4-5-10-15-11(16-17(10)6-7)14-9-3-1-2-8(9)13/h4-6,8-9H,1-3,13H2,(H,14,16). The molecule has 2 atom stereocenters. The van der Waals surface area contributed by atoms with Gasteiger partial charge in [-0.2, -0.15) is 4.98 Å². The molecule has 2 heterocycles. The van der Waals surface area contributed by atoms with Gasteiger partial charge in [-0.15, -0.1) is 5.10 Å². The van der Waals surface area contributed by atoms with E-state index in [0.29, 0.717) is 12.0 Å². The number of nitrogens with zero attached hydrogens (tertiary/aromatic N) is 3. The Hall–Kier alpha value is -1.14. The highest BCUT2D eigenvalue weighted by Crippen LogP contribution is 2.20. The highest BCUT2D eigenvalue weighted by atomic mass is 79.9. The molecule has 0 aliphatic heterocycles. The van der Waals surface area contributed by atoms with Crippen LogP contribution in [-0.4, -0.2) is 26.7 Å². The molecular weight excluding hydrogens is 282 g/mol. The molecule has 90 valence electrons. The molecule has 3 N–H and O–H groups in total. The molecule has 1 aliphatic carbocycles. The van der Waals surface area contributed by atoms with Crippen LogP contribution in [-0.2, 0) is 0 Å². The number of hydrogen-bond acceptors (Lipinski definition) is 4. The van der Waals surface area contributed by atoms with Crippen LogP contribution in [0.25, 0.3) is 5.65 Å². The number of hydrogen-bond donors (Lipinski definition) is 2. The fourth-order valence-corrected chi connectivity index (χ4v) is 2.58. The zero-order valence-corrected chi connectivity index (χ0v) is 10.9. The van der Waals surface area contributed by atoms with Crippen LogP contribution in [0.2, 0.25) is 0 Å². The third kappa shape index (κ3) is 2.14. The molecule has 0 radical (unpaired) electrons. The van der Waals surface area contributed by atoms with Crippen LogP contribution in [0.1, 0.15) is 19.3 Å². The van der Waals surface area contributed by atoms with Gasteiger partial charge in [-0.1, -0.05) is 0 Å². The third-order valence-electron chi connectivity index (χ3n) is 3.18. The van der Waals surface area contributed by atoms with E-state index in [1.807, 2.05) is 18.3 Å². The van der Waals surface area contributed by atoms with Gasteiger partial charge in [0.1, 0.15) is 0 Å². The summed E-state index contributed by atoms with van der Waals surface area (Å²) in [5.74, 6) is 0.658. The van der Waals surface area contributed by atoms with E-state index in [2.05, 4.69) is 31.3 Å². The van der Waals surface area contributed by atoms with Gasteiger partial charge >= 0.3 is 0 Å². The molecule has 5 nitrogen and oxygen atoms in total. The van der Waals surface area contributed by atoms with Crippen LogP contribution < -0.4 is 11.1 Å². The zero-order valence-electron chi connectivity index (χ0n) is 9.31. The van der Waals surface area contributed by atoms with E-state index in [1.165, 1.54) is 6.42 Å². The highest BCUT2D eigenvalue weighted by molar-refractivity contribution is 9.10. The van der Waals surface area contributed by atoms with Gasteiger partial charge in [0.2, 0.25) is 5.95 Å². The molecule has 1 aliphatic rings. The van der Waals surface area contributed by atoms with Crippen LogP contribution in [0.3, 0.4) is 0 Å². The molecule has 2 aromatic rings. The minimum Gasteiger partial charge on any atom is -0.349 e. The monoisotopic (exact) mass is 295 g/mol. The first kappa shape index (κ1) is 11.0. The van der Waals surface area contributed by atoms with E-state index in [0.717, 1.165) is 23.0 Å². The lowest BCUT2D eigenvalue weighted by atomic mass is 10.2. The number of fused-ring (bicyclic) bond motifs is 1. The molecule has 0 amide bonds. The lowest BCUT2D eigenvalue weighted by Gasteiger charge is -2.15. The predicted molar refractivity (Wildman–Crippen MR) is 69.9 cm³/mol. The van der Waals surface area contributed by atoms with Crippen LogP contribution in [0.4, 0.5) is 5.95 Å². The second kappa shape index (κ2) is 4.27. The van der Waals surface area contributed by atoms with Gasteiger partial charge in [0, 0.05) is 22.8 Å². The van der Waals surface area contributed by atoms with Gasteiger partial charge in [0.25, 0.3) is 0 Å². The Balaban J connectivity index is 1.85. The largest absolute Gasteiger partial charge is 0.349 e. The molecule has 0 saturated heterocycles. The first-order valence-electron chi connectivity index (χ1n) is 5.76. The van der Waals surface area contributed by atoms with Gasteiger partial charge < -0.3 is 11.1 Å². The molecule has 0 bridgehead atoms. The lowest BCUT2D eigenvalue weighted by molar-refractivity contribution is 0.633. The molecule has 17 heavy (non-hydrogen) atoms. The number of rotatable bonds is 2. The summed E-state index contributed by atoms with van der Waals surface area (Å²) in [5.41, 5.74) is 6.85. The summed E-state index contributed by atoms with van der Waals surface area (Å²) < 4.78 is 2.74. The average Bonchev–Trinajstić information content (AvgIpc) is 2.85. The van der Waals surface area contributed by atoms with E-state index in [-0.39, 0.29) is 6.04 Å². The summed E-state index contributed by atoms with van der Waals surface area (Å²) in [6.07, 6.45) is 5.25. The fourth-order valence-electron chi connectivity index (χ4n) is 2.25. The quantitative estimate of drug-likeness (QED) is 0.886. The molecule has 2 unspecified atom stereocenters. The van der Waals surface area contributed by atoms with Gasteiger partial charge in [-0.05, 0) is 47.3 Å². The second-order valence-corrected chi connectivity index (χ2v) is 5.35. The number of halogens is 1. The van der Waals surface area contributed by atoms with Gasteiger partial charge in [0.15, 0.2) is 5.65 Å². The van der Waals surface area contributed by atoms with Crippen molar-refractivity contribution in [1.82, 2.24) is 14.6 Å². The molecule has 0 aromatic carbocycles. The molecular formula is C11H14BrN5.